The fraction of sp³-hybridized carbons (Fsp3) is 0.538. The summed E-state index contributed by atoms with van der Waals surface area (Å²) < 4.78 is 52.6. The summed E-state index contributed by atoms with van der Waals surface area (Å²) in [4.78, 5) is 0. The van der Waals surface area contributed by atoms with Crippen molar-refractivity contribution >= 4 is 25.8 Å². The summed E-state index contributed by atoms with van der Waals surface area (Å²) in [6.45, 7) is 0. The van der Waals surface area contributed by atoms with Gasteiger partial charge in [-0.05, 0) is 48.0 Å². The number of sulfone groups is 1. The van der Waals surface area contributed by atoms with Gasteiger partial charge in [-0.15, -0.1) is 0 Å². The third-order valence-electron chi connectivity index (χ3n) is 3.70. The van der Waals surface area contributed by atoms with Crippen molar-refractivity contribution < 1.29 is 17.2 Å². The van der Waals surface area contributed by atoms with Crippen molar-refractivity contribution in [1.82, 2.24) is 5.32 Å². The van der Waals surface area contributed by atoms with Crippen LogP contribution in [0.3, 0.4) is 0 Å². The highest BCUT2D eigenvalue weighted by Gasteiger charge is 2.38. The summed E-state index contributed by atoms with van der Waals surface area (Å²) in [5.41, 5.74) is -0.211. The number of hydrogen-bond acceptors (Lipinski definition) is 3. The van der Waals surface area contributed by atoms with Gasteiger partial charge in [-0.2, -0.15) is 0 Å². The minimum atomic E-state index is -3.34. The van der Waals surface area contributed by atoms with Crippen LogP contribution in [0.5, 0.6) is 0 Å². The zero-order valence-electron chi connectivity index (χ0n) is 11.0. The molecule has 112 valence electrons. The normalized spacial score (nSPS) is 23.5. The van der Waals surface area contributed by atoms with E-state index in [1.54, 1.807) is 0 Å². The van der Waals surface area contributed by atoms with E-state index in [-0.39, 0.29) is 15.8 Å². The van der Waals surface area contributed by atoms with Gasteiger partial charge in [-0.1, -0.05) is 6.42 Å². The van der Waals surface area contributed by atoms with E-state index in [1.807, 2.05) is 0 Å². The van der Waals surface area contributed by atoms with Gasteiger partial charge in [0, 0.05) is 5.56 Å². The lowest BCUT2D eigenvalue weighted by atomic mass is 9.98. The first kappa shape index (κ1) is 15.9. The summed E-state index contributed by atoms with van der Waals surface area (Å²) in [6.07, 6.45) is 1.78. The summed E-state index contributed by atoms with van der Waals surface area (Å²) in [5, 5.41) is 1.98. The smallest absolute Gasteiger partial charge is 0.155 e. The standard InChI is InChI=1S/C13H16BrF2NO2S/c1-17-13(10-4-2-3-7-20(10,18)19)11-9(15)6-5-8(14)12(11)16/h5-6,10,13,17H,2-4,7H2,1H3. The van der Waals surface area contributed by atoms with Crippen molar-refractivity contribution in [3.8, 4) is 0 Å². The highest BCUT2D eigenvalue weighted by atomic mass is 79.9. The van der Waals surface area contributed by atoms with Gasteiger partial charge < -0.3 is 5.32 Å². The second-order valence-corrected chi connectivity index (χ2v) is 8.12. The first-order valence-electron chi connectivity index (χ1n) is 6.40. The zero-order valence-corrected chi connectivity index (χ0v) is 13.4. The first-order valence-corrected chi connectivity index (χ1v) is 8.91. The highest BCUT2D eigenvalue weighted by molar-refractivity contribution is 9.10. The molecule has 1 aliphatic heterocycles. The van der Waals surface area contributed by atoms with Crippen LogP contribution < -0.4 is 5.32 Å². The molecule has 0 radical (unpaired) electrons. The van der Waals surface area contributed by atoms with E-state index in [0.717, 1.165) is 12.5 Å². The van der Waals surface area contributed by atoms with Crippen molar-refractivity contribution in [3.63, 3.8) is 0 Å². The quantitative estimate of drug-likeness (QED) is 0.835. The Morgan fingerprint density at radius 3 is 2.65 bits per heavy atom. The fourth-order valence-electron chi connectivity index (χ4n) is 2.70. The molecular formula is C13H16BrF2NO2S. The Kier molecular flexibility index (Phi) is 4.81. The summed E-state index contributed by atoms with van der Waals surface area (Å²) in [6, 6.07) is 1.54. The Morgan fingerprint density at radius 2 is 2.05 bits per heavy atom. The highest BCUT2D eigenvalue weighted by Crippen LogP contribution is 2.35. The Bertz CT molecular complexity index is 607. The van der Waals surface area contributed by atoms with Crippen LogP contribution in [0.15, 0.2) is 16.6 Å². The molecule has 1 saturated heterocycles. The van der Waals surface area contributed by atoms with Gasteiger partial charge in [0.1, 0.15) is 11.6 Å². The molecule has 0 aromatic heterocycles. The molecule has 1 aromatic rings. The molecule has 0 spiro atoms. The predicted octanol–water partition coefficient (Wildman–Crippen LogP) is 2.96. The molecule has 1 aliphatic rings. The van der Waals surface area contributed by atoms with Gasteiger partial charge in [0.2, 0.25) is 0 Å². The van der Waals surface area contributed by atoms with Crippen molar-refractivity contribution in [2.24, 2.45) is 0 Å². The number of hydrogen-bond donors (Lipinski definition) is 1. The average Bonchev–Trinajstić information content (AvgIpc) is 2.40. The average molecular weight is 368 g/mol. The second kappa shape index (κ2) is 6.07. The van der Waals surface area contributed by atoms with Gasteiger partial charge >= 0.3 is 0 Å². The van der Waals surface area contributed by atoms with E-state index >= 15 is 0 Å². The molecule has 0 aliphatic carbocycles. The number of rotatable bonds is 3. The molecule has 1 N–H and O–H groups in total. The molecule has 0 bridgehead atoms. The third kappa shape index (κ3) is 2.89. The molecule has 7 heteroatoms. The fourth-order valence-corrected chi connectivity index (χ4v) is 5.17. The monoisotopic (exact) mass is 367 g/mol. The summed E-state index contributed by atoms with van der Waals surface area (Å²) in [7, 11) is -1.82. The SMILES string of the molecule is CNC(c1c(F)ccc(Br)c1F)C1CCCCS1(=O)=O. The predicted molar refractivity (Wildman–Crippen MR) is 77.3 cm³/mol. The molecular weight excluding hydrogens is 352 g/mol. The Morgan fingerprint density at radius 1 is 1.35 bits per heavy atom. The third-order valence-corrected chi connectivity index (χ3v) is 6.60. The minimum Gasteiger partial charge on any atom is -0.312 e. The van der Waals surface area contributed by atoms with E-state index in [9.17, 15) is 17.2 Å². The second-order valence-electron chi connectivity index (χ2n) is 4.92. The first-order chi connectivity index (χ1) is 9.38. The molecule has 3 nitrogen and oxygen atoms in total. The molecule has 2 unspecified atom stereocenters. The van der Waals surface area contributed by atoms with Gasteiger partial charge in [-0.3, -0.25) is 0 Å². The van der Waals surface area contributed by atoms with Crippen LogP contribution in [0.1, 0.15) is 30.9 Å². The van der Waals surface area contributed by atoms with E-state index in [0.29, 0.717) is 12.8 Å². The zero-order chi connectivity index (χ0) is 14.9. The topological polar surface area (TPSA) is 46.2 Å². The van der Waals surface area contributed by atoms with E-state index in [1.165, 1.54) is 13.1 Å². The minimum absolute atomic E-state index is 0.0765. The number of halogens is 3. The van der Waals surface area contributed by atoms with E-state index < -0.39 is 32.8 Å². The number of nitrogens with one attached hydrogen (secondary N) is 1. The van der Waals surface area contributed by atoms with Crippen LogP contribution in [0.4, 0.5) is 8.78 Å². The number of benzene rings is 1. The van der Waals surface area contributed by atoms with Crippen LogP contribution in [0.25, 0.3) is 0 Å². The maximum Gasteiger partial charge on any atom is 0.155 e. The maximum absolute atomic E-state index is 14.2. The van der Waals surface area contributed by atoms with Gasteiger partial charge in [0.05, 0.1) is 21.5 Å². The Hall–Kier alpha value is -0.530. The van der Waals surface area contributed by atoms with Gasteiger partial charge in [-0.25, -0.2) is 17.2 Å². The van der Waals surface area contributed by atoms with Crippen molar-refractivity contribution in [2.75, 3.05) is 12.8 Å². The lowest BCUT2D eigenvalue weighted by Crippen LogP contribution is -2.40. The molecule has 1 aromatic carbocycles. The maximum atomic E-state index is 14.2. The van der Waals surface area contributed by atoms with Crippen molar-refractivity contribution in [3.05, 3.63) is 33.8 Å². The molecule has 1 heterocycles. The van der Waals surface area contributed by atoms with Crippen LogP contribution in [-0.4, -0.2) is 26.5 Å². The van der Waals surface area contributed by atoms with E-state index in [4.69, 9.17) is 0 Å². The molecule has 2 atom stereocenters. The van der Waals surface area contributed by atoms with Crippen molar-refractivity contribution in [2.45, 2.75) is 30.6 Å². The van der Waals surface area contributed by atoms with E-state index in [2.05, 4.69) is 21.2 Å². The Labute approximate surface area is 125 Å². The lowest BCUT2D eigenvalue weighted by molar-refractivity contribution is 0.435. The molecule has 20 heavy (non-hydrogen) atoms. The van der Waals surface area contributed by atoms with Crippen LogP contribution in [0.2, 0.25) is 0 Å². The molecule has 1 fully saturated rings. The lowest BCUT2D eigenvalue weighted by Gasteiger charge is -2.30. The van der Waals surface area contributed by atoms with Crippen LogP contribution in [0, 0.1) is 11.6 Å². The van der Waals surface area contributed by atoms with Gasteiger partial charge in [0.25, 0.3) is 0 Å². The molecule has 2 rings (SSSR count). The summed E-state index contributed by atoms with van der Waals surface area (Å²) in [5.74, 6) is -1.40. The summed E-state index contributed by atoms with van der Waals surface area (Å²) >= 11 is 3.01. The van der Waals surface area contributed by atoms with Crippen molar-refractivity contribution in [1.29, 1.82) is 0 Å². The molecule has 0 amide bonds. The Balaban J connectivity index is 2.50. The molecule has 0 saturated carbocycles. The van der Waals surface area contributed by atoms with Crippen LogP contribution >= 0.6 is 15.9 Å². The van der Waals surface area contributed by atoms with Gasteiger partial charge in [0.15, 0.2) is 9.84 Å². The van der Waals surface area contributed by atoms with Crippen LogP contribution in [-0.2, 0) is 9.84 Å². The largest absolute Gasteiger partial charge is 0.312 e.